The number of carbonyl (C=O) groups is 2. The summed E-state index contributed by atoms with van der Waals surface area (Å²) in [6.45, 7) is 4.12. The normalized spacial score (nSPS) is 14.7. The third-order valence-electron chi connectivity index (χ3n) is 5.30. The zero-order valence-electron chi connectivity index (χ0n) is 17.0. The van der Waals surface area contributed by atoms with E-state index in [0.717, 1.165) is 5.56 Å². The number of nitrogens with zero attached hydrogens (tertiary/aromatic N) is 1. The zero-order valence-corrected chi connectivity index (χ0v) is 17.7. The molecule has 1 heterocycles. The summed E-state index contributed by atoms with van der Waals surface area (Å²) in [6, 6.07) is 7.36. The van der Waals surface area contributed by atoms with Crippen LogP contribution in [-0.4, -0.2) is 28.9 Å². The molecule has 2 amide bonds. The van der Waals surface area contributed by atoms with Crippen molar-refractivity contribution in [2.75, 3.05) is 6.54 Å². The van der Waals surface area contributed by atoms with Crippen molar-refractivity contribution in [1.82, 2.24) is 15.6 Å². The topological polar surface area (TPSA) is 84.2 Å². The van der Waals surface area contributed by atoms with Crippen molar-refractivity contribution >= 4 is 23.4 Å². The molecule has 0 spiro atoms. The number of halogens is 1. The molecule has 1 aromatic carbocycles. The van der Waals surface area contributed by atoms with Gasteiger partial charge in [-0.1, -0.05) is 36.6 Å². The second kappa shape index (κ2) is 9.44. The number of rotatable bonds is 8. The summed E-state index contributed by atoms with van der Waals surface area (Å²) in [6.07, 6.45) is 6.94. The number of amides is 2. The first-order chi connectivity index (χ1) is 13.8. The minimum absolute atomic E-state index is 0.158. The van der Waals surface area contributed by atoms with Crippen LogP contribution >= 0.6 is 11.6 Å². The molecule has 0 bridgehead atoms. The Morgan fingerprint density at radius 1 is 1.24 bits per heavy atom. The van der Waals surface area contributed by atoms with Gasteiger partial charge in [-0.3, -0.25) is 9.59 Å². The fraction of sp³-hybridized carbons (Fsp3) is 0.500. The first-order valence-corrected chi connectivity index (χ1v) is 10.5. The monoisotopic (exact) mass is 417 g/mol. The largest absolute Gasteiger partial charge is 0.441 e. The van der Waals surface area contributed by atoms with Crippen molar-refractivity contribution in [2.45, 2.75) is 57.9 Å². The van der Waals surface area contributed by atoms with E-state index in [-0.39, 0.29) is 18.2 Å². The minimum atomic E-state index is -0.963. The van der Waals surface area contributed by atoms with Gasteiger partial charge >= 0.3 is 0 Å². The summed E-state index contributed by atoms with van der Waals surface area (Å²) in [5.74, 6) is 1.21. The van der Waals surface area contributed by atoms with Crippen LogP contribution in [0.25, 0.3) is 11.3 Å². The van der Waals surface area contributed by atoms with Crippen LogP contribution < -0.4 is 10.6 Å². The molecule has 7 heteroatoms. The molecule has 0 aliphatic heterocycles. The van der Waals surface area contributed by atoms with Gasteiger partial charge in [-0.05, 0) is 44.7 Å². The Labute approximate surface area is 176 Å². The SMILES string of the molecule is CC(C)(NC(=O)CCc1ncc(-c2ccccc2Cl)o1)C(=O)NCC1CCCC1. The molecule has 2 N–H and O–H groups in total. The third-order valence-corrected chi connectivity index (χ3v) is 5.63. The smallest absolute Gasteiger partial charge is 0.245 e. The van der Waals surface area contributed by atoms with Crippen LogP contribution in [0, 0.1) is 5.92 Å². The van der Waals surface area contributed by atoms with Gasteiger partial charge in [-0.2, -0.15) is 0 Å². The number of carbonyl (C=O) groups excluding carboxylic acids is 2. The van der Waals surface area contributed by atoms with Crippen molar-refractivity contribution in [3.8, 4) is 11.3 Å². The molecule has 3 rings (SSSR count). The van der Waals surface area contributed by atoms with Crippen molar-refractivity contribution in [1.29, 1.82) is 0 Å². The number of hydrogen-bond acceptors (Lipinski definition) is 4. The zero-order chi connectivity index (χ0) is 20.9. The van der Waals surface area contributed by atoms with E-state index >= 15 is 0 Å². The van der Waals surface area contributed by atoms with Crippen molar-refractivity contribution in [3.63, 3.8) is 0 Å². The average Bonchev–Trinajstić information content (AvgIpc) is 3.36. The molecule has 1 aliphatic carbocycles. The van der Waals surface area contributed by atoms with Gasteiger partial charge in [0.15, 0.2) is 11.7 Å². The maximum atomic E-state index is 12.5. The Kier molecular flexibility index (Phi) is 6.96. The van der Waals surface area contributed by atoms with Crippen LogP contribution in [0.4, 0.5) is 0 Å². The lowest BCUT2D eigenvalue weighted by molar-refractivity contribution is -0.132. The number of nitrogens with one attached hydrogen (secondary N) is 2. The summed E-state index contributed by atoms with van der Waals surface area (Å²) < 4.78 is 5.72. The van der Waals surface area contributed by atoms with E-state index in [9.17, 15) is 9.59 Å². The van der Waals surface area contributed by atoms with Crippen molar-refractivity contribution in [2.24, 2.45) is 5.92 Å². The molecule has 0 saturated heterocycles. The van der Waals surface area contributed by atoms with E-state index in [4.69, 9.17) is 16.0 Å². The maximum absolute atomic E-state index is 12.5. The van der Waals surface area contributed by atoms with Crippen LogP contribution in [0.5, 0.6) is 0 Å². The van der Waals surface area contributed by atoms with Crippen LogP contribution in [0.3, 0.4) is 0 Å². The first kappa shape index (κ1) is 21.4. The lowest BCUT2D eigenvalue weighted by Crippen LogP contribution is -2.55. The minimum Gasteiger partial charge on any atom is -0.441 e. The highest BCUT2D eigenvalue weighted by Crippen LogP contribution is 2.28. The van der Waals surface area contributed by atoms with Crippen LogP contribution in [0.1, 0.15) is 51.8 Å². The van der Waals surface area contributed by atoms with Gasteiger partial charge < -0.3 is 15.1 Å². The fourth-order valence-corrected chi connectivity index (χ4v) is 3.80. The Morgan fingerprint density at radius 3 is 2.69 bits per heavy atom. The Hall–Kier alpha value is -2.34. The summed E-state index contributed by atoms with van der Waals surface area (Å²) in [7, 11) is 0. The average molecular weight is 418 g/mol. The van der Waals surface area contributed by atoms with E-state index in [2.05, 4.69) is 15.6 Å². The molecule has 0 unspecified atom stereocenters. The van der Waals surface area contributed by atoms with Gasteiger partial charge in [0.1, 0.15) is 5.54 Å². The Balaban J connectivity index is 1.47. The van der Waals surface area contributed by atoms with Crippen molar-refractivity contribution < 1.29 is 14.0 Å². The van der Waals surface area contributed by atoms with E-state index < -0.39 is 5.54 Å². The summed E-state index contributed by atoms with van der Waals surface area (Å²) in [5.41, 5.74) is -0.202. The number of aryl methyl sites for hydroxylation is 1. The number of hydrogen-bond donors (Lipinski definition) is 2. The highest BCUT2D eigenvalue weighted by atomic mass is 35.5. The van der Waals surface area contributed by atoms with Crippen LogP contribution in [-0.2, 0) is 16.0 Å². The van der Waals surface area contributed by atoms with E-state index in [1.165, 1.54) is 25.7 Å². The van der Waals surface area contributed by atoms with Gasteiger partial charge in [0.25, 0.3) is 0 Å². The highest BCUT2D eigenvalue weighted by Gasteiger charge is 2.30. The predicted molar refractivity (Wildman–Crippen MR) is 112 cm³/mol. The fourth-order valence-electron chi connectivity index (χ4n) is 3.57. The quantitative estimate of drug-likeness (QED) is 0.676. The molecule has 2 aromatic rings. The highest BCUT2D eigenvalue weighted by molar-refractivity contribution is 6.33. The second-order valence-electron chi connectivity index (χ2n) is 8.13. The molecular weight excluding hydrogens is 390 g/mol. The molecule has 1 saturated carbocycles. The van der Waals surface area contributed by atoms with Gasteiger partial charge in [-0.15, -0.1) is 0 Å². The van der Waals surface area contributed by atoms with E-state index in [1.807, 2.05) is 18.2 Å². The molecule has 29 heavy (non-hydrogen) atoms. The standard InChI is InChI=1S/C22H28ClN3O3/c1-22(2,21(28)25-13-15-7-3-4-8-15)26-19(27)11-12-20-24-14-18(29-20)16-9-5-6-10-17(16)23/h5-6,9-10,14-15H,3-4,7-8,11-13H2,1-2H3,(H,25,28)(H,26,27). The molecule has 6 nitrogen and oxygen atoms in total. The maximum Gasteiger partial charge on any atom is 0.245 e. The summed E-state index contributed by atoms with van der Waals surface area (Å²) >= 11 is 6.18. The summed E-state index contributed by atoms with van der Waals surface area (Å²) in [5, 5.41) is 6.36. The molecule has 0 radical (unpaired) electrons. The molecule has 1 aromatic heterocycles. The third kappa shape index (κ3) is 5.82. The molecule has 156 valence electrons. The van der Waals surface area contributed by atoms with E-state index in [1.54, 1.807) is 26.1 Å². The summed E-state index contributed by atoms with van der Waals surface area (Å²) in [4.78, 5) is 29.0. The van der Waals surface area contributed by atoms with Crippen molar-refractivity contribution in [3.05, 3.63) is 41.4 Å². The number of oxazole rings is 1. The van der Waals surface area contributed by atoms with Gasteiger partial charge in [0, 0.05) is 24.9 Å². The second-order valence-corrected chi connectivity index (χ2v) is 8.54. The number of aromatic nitrogens is 1. The molecule has 1 fully saturated rings. The number of benzene rings is 1. The van der Waals surface area contributed by atoms with E-state index in [0.29, 0.717) is 35.6 Å². The Morgan fingerprint density at radius 2 is 1.97 bits per heavy atom. The van der Waals surface area contributed by atoms with Crippen LogP contribution in [0.2, 0.25) is 5.02 Å². The van der Waals surface area contributed by atoms with Gasteiger partial charge in [-0.25, -0.2) is 4.98 Å². The van der Waals surface area contributed by atoms with Gasteiger partial charge in [0.05, 0.1) is 11.2 Å². The van der Waals surface area contributed by atoms with Crippen LogP contribution in [0.15, 0.2) is 34.9 Å². The van der Waals surface area contributed by atoms with Gasteiger partial charge in [0.2, 0.25) is 11.8 Å². The molecular formula is C22H28ClN3O3. The molecule has 1 aliphatic rings. The first-order valence-electron chi connectivity index (χ1n) is 10.1. The lowest BCUT2D eigenvalue weighted by Gasteiger charge is -2.26. The molecule has 0 atom stereocenters. The predicted octanol–water partition coefficient (Wildman–Crippen LogP) is 4.13. The Bertz CT molecular complexity index is 856. The lowest BCUT2D eigenvalue weighted by atomic mass is 10.0.